The number of non-ortho nitro benzene ring substituents is 1. The number of nitrogen functional groups attached to an aromatic ring is 1. The molecule has 0 spiro atoms. The van der Waals surface area contributed by atoms with E-state index < -0.39 is 4.92 Å². The second kappa shape index (κ2) is 12.6. The number of hydrogen-bond donors (Lipinski definition) is 3. The Bertz CT molecular complexity index is 259. The predicted molar refractivity (Wildman–Crippen MR) is 54.9 cm³/mol. The van der Waals surface area contributed by atoms with Crippen molar-refractivity contribution in [3.63, 3.8) is 0 Å². The number of halogens is 1. The summed E-state index contributed by atoms with van der Waals surface area (Å²) in [6.45, 7) is 0. The summed E-state index contributed by atoms with van der Waals surface area (Å²) in [6, 6.07) is 5.74. The average molecular weight is 239 g/mol. The molecule has 0 bridgehead atoms. The zero-order valence-corrected chi connectivity index (χ0v) is 9.18. The molecule has 15 heavy (non-hydrogen) atoms. The van der Waals surface area contributed by atoms with E-state index in [-0.39, 0.29) is 19.5 Å². The molecule has 0 aliphatic heterocycles. The number of nitrogens with zero attached hydrogens (tertiary/aromatic N) is 1. The maximum atomic E-state index is 10.1. The van der Waals surface area contributed by atoms with Crippen molar-refractivity contribution in [3.8, 4) is 0 Å². The van der Waals surface area contributed by atoms with Gasteiger partial charge < -0.3 is 28.4 Å². The molecule has 1 aromatic carbocycles. The molecule has 0 radical (unpaired) electrons. The Hall–Kier alpha value is -1.37. The summed E-state index contributed by atoms with van der Waals surface area (Å²) in [7, 11) is 2.00. The Morgan fingerprint density at radius 1 is 1.20 bits per heavy atom. The lowest BCUT2D eigenvalue weighted by molar-refractivity contribution is -0.384. The van der Waals surface area contributed by atoms with Crippen molar-refractivity contribution in [2.24, 2.45) is 0 Å². The van der Waals surface area contributed by atoms with Crippen molar-refractivity contribution in [2.75, 3.05) is 20.0 Å². The summed E-state index contributed by atoms with van der Waals surface area (Å²) >= 11 is 0. The van der Waals surface area contributed by atoms with Gasteiger partial charge in [0.2, 0.25) is 0 Å². The molecule has 7 heteroatoms. The number of nitro benzene ring substituents is 1. The van der Waals surface area contributed by atoms with E-state index in [9.17, 15) is 10.1 Å². The van der Waals surface area contributed by atoms with Gasteiger partial charge in [-0.3, -0.25) is 10.1 Å². The average Bonchev–Trinajstić information content (AvgIpc) is 2.24. The predicted octanol–water partition coefficient (Wildman–Crippen LogP) is -2.49. The molecule has 0 unspecified atom stereocenters. The Balaban J connectivity index is -0.000000109. The van der Waals surface area contributed by atoms with Crippen molar-refractivity contribution >= 4 is 11.4 Å². The first-order chi connectivity index (χ1) is 6.70. The first-order valence-corrected chi connectivity index (χ1v) is 3.59. The van der Waals surface area contributed by atoms with Crippen molar-refractivity contribution in [2.45, 2.75) is 0 Å². The third-order valence-electron chi connectivity index (χ3n) is 1.10. The third-order valence-corrected chi connectivity index (χ3v) is 1.10. The fraction of sp³-hybridized carbons (Fsp3) is 0.250. The van der Waals surface area contributed by atoms with Gasteiger partial charge in [-0.2, -0.15) is 0 Å². The van der Waals surface area contributed by atoms with Gasteiger partial charge in [0, 0.05) is 32.0 Å². The molecule has 0 aliphatic rings. The van der Waals surface area contributed by atoms with E-state index in [1.807, 2.05) is 0 Å². The van der Waals surface area contributed by atoms with Gasteiger partial charge >= 0.3 is 1.43 Å². The second-order valence-corrected chi connectivity index (χ2v) is 1.85. The lowest BCUT2D eigenvalue weighted by Gasteiger charge is -1.90. The van der Waals surface area contributed by atoms with E-state index in [4.69, 9.17) is 15.9 Å². The monoisotopic (exact) mass is 238 g/mol. The molecule has 1 rings (SSSR count). The van der Waals surface area contributed by atoms with Gasteiger partial charge in [0.1, 0.15) is 0 Å². The molecule has 0 heterocycles. The first kappa shape index (κ1) is 19.2. The zero-order chi connectivity index (χ0) is 11.6. The molecule has 0 aliphatic carbocycles. The summed E-state index contributed by atoms with van der Waals surface area (Å²) in [4.78, 5) is 9.62. The van der Waals surface area contributed by atoms with E-state index in [0.29, 0.717) is 5.69 Å². The van der Waals surface area contributed by atoms with Crippen LogP contribution in [0.15, 0.2) is 24.3 Å². The van der Waals surface area contributed by atoms with Crippen LogP contribution in [0.1, 0.15) is 1.43 Å². The maximum absolute atomic E-state index is 10.1. The second-order valence-electron chi connectivity index (χ2n) is 1.85. The van der Waals surface area contributed by atoms with Crippen LogP contribution in [-0.4, -0.2) is 29.4 Å². The van der Waals surface area contributed by atoms with Crippen LogP contribution in [0, 0.1) is 10.1 Å². The van der Waals surface area contributed by atoms with Crippen molar-refractivity contribution in [1.82, 2.24) is 0 Å². The van der Waals surface area contributed by atoms with E-state index in [0.717, 1.165) is 14.2 Å². The fourth-order valence-corrected chi connectivity index (χ4v) is 0.596. The van der Waals surface area contributed by atoms with Crippen LogP contribution in [0.2, 0.25) is 0 Å². The van der Waals surface area contributed by atoms with Gasteiger partial charge in [-0.05, 0) is 12.1 Å². The van der Waals surface area contributed by atoms with Crippen LogP contribution >= 0.6 is 0 Å². The van der Waals surface area contributed by atoms with Gasteiger partial charge in [-0.15, -0.1) is 0 Å². The van der Waals surface area contributed by atoms with Gasteiger partial charge in [0.25, 0.3) is 5.69 Å². The summed E-state index contributed by atoms with van der Waals surface area (Å²) in [5.74, 6) is 0. The van der Waals surface area contributed by atoms with Crippen LogP contribution < -0.4 is 18.1 Å². The normalized spacial score (nSPS) is 6.93. The highest BCUT2D eigenvalue weighted by molar-refractivity contribution is 5.44. The molecular weight excluding hydrogens is 224 g/mol. The summed E-state index contributed by atoms with van der Waals surface area (Å²) in [5.41, 5.74) is 5.90. The third kappa shape index (κ3) is 8.95. The van der Waals surface area contributed by atoms with E-state index in [2.05, 4.69) is 0 Å². The summed E-state index contributed by atoms with van der Waals surface area (Å²) < 4.78 is 0. The molecule has 1 aromatic rings. The minimum atomic E-state index is -0.459. The summed E-state index contributed by atoms with van der Waals surface area (Å²) in [6.07, 6.45) is 0. The number of benzene rings is 1. The molecule has 0 amide bonds. The molecule has 0 fully saturated rings. The van der Waals surface area contributed by atoms with E-state index in [1.54, 1.807) is 0 Å². The molecule has 0 saturated carbocycles. The SMILES string of the molecule is CO.CO.Nc1ccc([N+](=O)[O-])cc1.[Cl-].[H+]. The Morgan fingerprint density at radius 3 is 1.80 bits per heavy atom. The molecular formula is C8H15ClN2O4. The van der Waals surface area contributed by atoms with Gasteiger partial charge in [-0.25, -0.2) is 0 Å². The largest absolute Gasteiger partial charge is 1.00 e. The lowest BCUT2D eigenvalue weighted by atomic mass is 10.3. The lowest BCUT2D eigenvalue weighted by Crippen LogP contribution is -3.00. The van der Waals surface area contributed by atoms with E-state index >= 15 is 0 Å². The number of hydrogen-bond acceptors (Lipinski definition) is 5. The van der Waals surface area contributed by atoms with Gasteiger partial charge in [-0.1, -0.05) is 0 Å². The smallest absolute Gasteiger partial charge is 1.00 e. The Labute approximate surface area is 95.4 Å². The van der Waals surface area contributed by atoms with Crippen LogP contribution in [0.5, 0.6) is 0 Å². The topological polar surface area (TPSA) is 110 Å². The number of rotatable bonds is 1. The molecule has 0 aromatic heterocycles. The molecule has 0 atom stereocenters. The van der Waals surface area contributed by atoms with Crippen LogP contribution in [0.3, 0.4) is 0 Å². The molecule has 88 valence electrons. The highest BCUT2D eigenvalue weighted by Gasteiger charge is 2.00. The minimum Gasteiger partial charge on any atom is -1.00 e. The van der Waals surface area contributed by atoms with Gasteiger partial charge in [0.05, 0.1) is 4.92 Å². The molecule has 0 saturated heterocycles. The molecule has 4 N–H and O–H groups in total. The first-order valence-electron chi connectivity index (χ1n) is 3.59. The van der Waals surface area contributed by atoms with Gasteiger partial charge in [0.15, 0.2) is 0 Å². The highest BCUT2D eigenvalue weighted by Crippen LogP contribution is 2.11. The Kier molecular flexibility index (Phi) is 16.2. The minimum absolute atomic E-state index is 0. The van der Waals surface area contributed by atoms with Crippen LogP contribution in [0.4, 0.5) is 11.4 Å². The molecule has 6 nitrogen and oxygen atoms in total. The number of nitrogens with two attached hydrogens (primary N) is 1. The summed E-state index contributed by atoms with van der Waals surface area (Å²) in [5, 5.41) is 24.1. The number of aliphatic hydroxyl groups is 2. The Morgan fingerprint density at radius 2 is 1.53 bits per heavy atom. The zero-order valence-electron chi connectivity index (χ0n) is 9.42. The van der Waals surface area contributed by atoms with Crippen LogP contribution in [-0.2, 0) is 0 Å². The standard InChI is InChI=1S/C6H6N2O2.2CH4O.ClH/c7-5-1-3-6(4-2-5)8(9)10;2*1-2;/h1-4H,7H2;2*2H,1H3;1H. The fourth-order valence-electron chi connectivity index (χ4n) is 0.596. The van der Waals surface area contributed by atoms with Crippen molar-refractivity contribution in [1.29, 1.82) is 0 Å². The van der Waals surface area contributed by atoms with Crippen molar-refractivity contribution in [3.05, 3.63) is 34.4 Å². The quantitative estimate of drug-likeness (QED) is 0.285. The number of aliphatic hydroxyl groups excluding tert-OH is 2. The maximum Gasteiger partial charge on any atom is 1.00 e. The number of nitro groups is 1. The van der Waals surface area contributed by atoms with Crippen molar-refractivity contribution < 1.29 is 29.0 Å². The van der Waals surface area contributed by atoms with E-state index in [1.165, 1.54) is 24.3 Å². The number of anilines is 1. The highest BCUT2D eigenvalue weighted by atomic mass is 35.5. The van der Waals surface area contributed by atoms with Crippen LogP contribution in [0.25, 0.3) is 0 Å².